The number of nitrogens with zero attached hydrogens (tertiary/aromatic N) is 5. The predicted octanol–water partition coefficient (Wildman–Crippen LogP) is 3.65. The third-order valence-corrected chi connectivity index (χ3v) is 6.85. The SMILES string of the molecule is Cc1cnn2c(-c3ccc(Nc4ccc(C5CCOC5)c(CN(C)C)n4)c4c3CNC4=O)cnc2c1. The van der Waals surface area contributed by atoms with E-state index in [1.807, 2.05) is 62.2 Å². The molecule has 1 atom stereocenters. The Balaban J connectivity index is 1.38. The van der Waals surface area contributed by atoms with E-state index >= 15 is 0 Å². The number of fused-ring (bicyclic) bond motifs is 2. The largest absolute Gasteiger partial charge is 0.381 e. The summed E-state index contributed by atoms with van der Waals surface area (Å²) in [4.78, 5) is 24.5. The van der Waals surface area contributed by atoms with E-state index in [0.717, 1.165) is 71.4 Å². The van der Waals surface area contributed by atoms with E-state index in [1.165, 1.54) is 5.56 Å². The van der Waals surface area contributed by atoms with Crippen LogP contribution in [0.1, 0.15) is 45.1 Å². The Hall–Kier alpha value is -3.82. The van der Waals surface area contributed by atoms with Crippen molar-refractivity contribution in [2.24, 2.45) is 0 Å². The van der Waals surface area contributed by atoms with E-state index in [4.69, 9.17) is 9.72 Å². The highest BCUT2D eigenvalue weighted by molar-refractivity contribution is 6.06. The molecule has 2 aliphatic rings. The van der Waals surface area contributed by atoms with Gasteiger partial charge in [0, 0.05) is 31.2 Å². The maximum absolute atomic E-state index is 12.9. The minimum atomic E-state index is -0.0970. The van der Waals surface area contributed by atoms with E-state index in [2.05, 4.69) is 31.7 Å². The second-order valence-electron chi connectivity index (χ2n) is 9.80. The van der Waals surface area contributed by atoms with Crippen LogP contribution in [-0.2, 0) is 17.8 Å². The number of hydrogen-bond acceptors (Lipinski definition) is 7. The summed E-state index contributed by atoms with van der Waals surface area (Å²) in [6.07, 6.45) is 4.64. The Morgan fingerprint density at radius 3 is 2.92 bits per heavy atom. The molecule has 1 unspecified atom stereocenters. The van der Waals surface area contributed by atoms with Gasteiger partial charge in [-0.1, -0.05) is 12.1 Å². The fourth-order valence-electron chi connectivity index (χ4n) is 5.14. The Labute approximate surface area is 209 Å². The van der Waals surface area contributed by atoms with Gasteiger partial charge < -0.3 is 20.3 Å². The molecule has 2 aliphatic heterocycles. The van der Waals surface area contributed by atoms with Gasteiger partial charge in [-0.2, -0.15) is 5.10 Å². The molecule has 0 bridgehead atoms. The molecule has 184 valence electrons. The van der Waals surface area contributed by atoms with Crippen molar-refractivity contribution >= 4 is 23.1 Å². The average Bonchev–Trinajstić information content (AvgIpc) is 3.60. The van der Waals surface area contributed by atoms with Gasteiger partial charge in [-0.3, -0.25) is 4.79 Å². The third-order valence-electron chi connectivity index (χ3n) is 6.85. The third kappa shape index (κ3) is 4.00. The molecule has 1 saturated heterocycles. The van der Waals surface area contributed by atoms with Gasteiger partial charge in [0.1, 0.15) is 5.82 Å². The lowest BCUT2D eigenvalue weighted by atomic mass is 9.96. The van der Waals surface area contributed by atoms with Crippen molar-refractivity contribution in [2.75, 3.05) is 32.6 Å². The van der Waals surface area contributed by atoms with Crippen LogP contribution < -0.4 is 10.6 Å². The summed E-state index contributed by atoms with van der Waals surface area (Å²) in [6, 6.07) is 10.1. The predicted molar refractivity (Wildman–Crippen MR) is 137 cm³/mol. The summed E-state index contributed by atoms with van der Waals surface area (Å²) >= 11 is 0. The number of hydrogen-bond donors (Lipinski definition) is 2. The zero-order chi connectivity index (χ0) is 24.8. The fourth-order valence-corrected chi connectivity index (χ4v) is 5.14. The molecule has 0 saturated carbocycles. The molecular formula is C27H29N7O2. The molecule has 2 N–H and O–H groups in total. The van der Waals surface area contributed by atoms with Crippen molar-refractivity contribution in [1.29, 1.82) is 0 Å². The Kier molecular flexibility index (Phi) is 5.66. The van der Waals surface area contributed by atoms with Gasteiger partial charge in [0.2, 0.25) is 0 Å². The Bertz CT molecular complexity index is 1470. The van der Waals surface area contributed by atoms with E-state index in [-0.39, 0.29) is 5.91 Å². The average molecular weight is 484 g/mol. The van der Waals surface area contributed by atoms with Gasteiger partial charge in [0.05, 0.1) is 41.6 Å². The molecule has 3 aromatic heterocycles. The van der Waals surface area contributed by atoms with Crippen LogP contribution in [0.5, 0.6) is 0 Å². The number of benzene rings is 1. The number of pyridine rings is 1. The Morgan fingerprint density at radius 2 is 2.11 bits per heavy atom. The van der Waals surface area contributed by atoms with E-state index in [0.29, 0.717) is 18.0 Å². The van der Waals surface area contributed by atoms with Crippen LogP contribution in [0.25, 0.3) is 16.9 Å². The summed E-state index contributed by atoms with van der Waals surface area (Å²) < 4.78 is 7.44. The van der Waals surface area contributed by atoms with Crippen LogP contribution in [-0.4, -0.2) is 57.7 Å². The summed E-state index contributed by atoms with van der Waals surface area (Å²) in [5, 5.41) is 10.9. The number of anilines is 2. The highest BCUT2D eigenvalue weighted by Crippen LogP contribution is 2.36. The van der Waals surface area contributed by atoms with Gasteiger partial charge >= 0.3 is 0 Å². The number of aryl methyl sites for hydroxylation is 1. The second kappa shape index (κ2) is 9.00. The van der Waals surface area contributed by atoms with Crippen LogP contribution in [0.2, 0.25) is 0 Å². The molecule has 0 spiro atoms. The van der Waals surface area contributed by atoms with Crippen molar-refractivity contribution in [1.82, 2.24) is 29.8 Å². The summed E-state index contributed by atoms with van der Waals surface area (Å²) in [5.74, 6) is 0.995. The number of carbonyl (C=O) groups is 1. The van der Waals surface area contributed by atoms with Gasteiger partial charge in [-0.15, -0.1) is 0 Å². The van der Waals surface area contributed by atoms with Gasteiger partial charge in [-0.25, -0.2) is 14.5 Å². The number of carbonyl (C=O) groups excluding carboxylic acids is 1. The van der Waals surface area contributed by atoms with Gasteiger partial charge in [0.15, 0.2) is 5.65 Å². The first-order valence-corrected chi connectivity index (χ1v) is 12.2. The van der Waals surface area contributed by atoms with Crippen LogP contribution in [0.15, 0.2) is 42.7 Å². The van der Waals surface area contributed by atoms with Crippen molar-refractivity contribution in [3.63, 3.8) is 0 Å². The van der Waals surface area contributed by atoms with Crippen LogP contribution in [0.4, 0.5) is 11.5 Å². The first-order chi connectivity index (χ1) is 17.5. The minimum Gasteiger partial charge on any atom is -0.381 e. The monoisotopic (exact) mass is 483 g/mol. The Morgan fingerprint density at radius 1 is 1.22 bits per heavy atom. The van der Waals surface area contributed by atoms with Crippen LogP contribution in [0, 0.1) is 6.92 Å². The smallest absolute Gasteiger partial charge is 0.254 e. The maximum Gasteiger partial charge on any atom is 0.254 e. The normalized spacial score (nSPS) is 17.1. The molecule has 6 rings (SSSR count). The topological polar surface area (TPSA) is 96.7 Å². The molecule has 1 aromatic carbocycles. The number of amides is 1. The fraction of sp³-hybridized carbons (Fsp3) is 0.333. The van der Waals surface area contributed by atoms with Crippen LogP contribution >= 0.6 is 0 Å². The lowest BCUT2D eigenvalue weighted by Crippen LogP contribution is -2.16. The zero-order valence-electron chi connectivity index (χ0n) is 20.7. The molecule has 4 aromatic rings. The van der Waals surface area contributed by atoms with E-state index in [9.17, 15) is 4.79 Å². The molecule has 9 nitrogen and oxygen atoms in total. The molecule has 36 heavy (non-hydrogen) atoms. The van der Waals surface area contributed by atoms with E-state index in [1.54, 1.807) is 0 Å². The molecule has 1 fully saturated rings. The van der Waals surface area contributed by atoms with Gasteiger partial charge in [-0.05, 0) is 62.3 Å². The molecular weight excluding hydrogens is 454 g/mol. The standard InChI is InChI=1S/C27H29N7O2/c1-16-10-25-28-13-23(34(25)30-11-16)19-4-6-21(26-20(19)12-29-27(26)35)31-24-7-5-18(17-8-9-36-15-17)22(32-24)14-33(2)3/h4-7,10-11,13,17H,8-9,12,14-15H2,1-3H3,(H,29,35)(H,31,32). The van der Waals surface area contributed by atoms with Crippen molar-refractivity contribution in [3.8, 4) is 11.3 Å². The summed E-state index contributed by atoms with van der Waals surface area (Å²) in [5.41, 5.74) is 8.21. The minimum absolute atomic E-state index is 0.0970. The molecule has 0 radical (unpaired) electrons. The highest BCUT2D eigenvalue weighted by Gasteiger charge is 2.28. The second-order valence-corrected chi connectivity index (χ2v) is 9.80. The first-order valence-electron chi connectivity index (χ1n) is 12.2. The molecule has 9 heteroatoms. The van der Waals surface area contributed by atoms with Crippen molar-refractivity contribution in [2.45, 2.75) is 32.4 Å². The number of nitrogens with one attached hydrogen (secondary N) is 2. The highest BCUT2D eigenvalue weighted by atomic mass is 16.5. The van der Waals surface area contributed by atoms with E-state index < -0.39 is 0 Å². The maximum atomic E-state index is 12.9. The van der Waals surface area contributed by atoms with Gasteiger partial charge in [0.25, 0.3) is 5.91 Å². The molecule has 1 amide bonds. The lowest BCUT2D eigenvalue weighted by molar-refractivity contribution is 0.0966. The van der Waals surface area contributed by atoms with Crippen molar-refractivity contribution in [3.05, 3.63) is 70.7 Å². The molecule has 5 heterocycles. The summed E-state index contributed by atoms with van der Waals surface area (Å²) in [6.45, 7) is 4.72. The first kappa shape index (κ1) is 22.6. The lowest BCUT2D eigenvalue weighted by Gasteiger charge is -2.19. The number of ether oxygens (including phenoxy) is 1. The van der Waals surface area contributed by atoms with Crippen molar-refractivity contribution < 1.29 is 9.53 Å². The number of rotatable bonds is 6. The van der Waals surface area contributed by atoms with Crippen LogP contribution in [0.3, 0.4) is 0 Å². The number of aromatic nitrogens is 4. The quantitative estimate of drug-likeness (QED) is 0.432. The summed E-state index contributed by atoms with van der Waals surface area (Å²) in [7, 11) is 4.09. The zero-order valence-corrected chi connectivity index (χ0v) is 20.7. The molecule has 0 aliphatic carbocycles. The number of imidazole rings is 1.